The van der Waals surface area contributed by atoms with Gasteiger partial charge in [-0.1, -0.05) is 32.9 Å². The van der Waals surface area contributed by atoms with E-state index in [4.69, 9.17) is 20.8 Å². The molecule has 0 amide bonds. The van der Waals surface area contributed by atoms with Crippen molar-refractivity contribution in [3.05, 3.63) is 41.6 Å². The molecule has 0 aliphatic heterocycles. The zero-order valence-electron chi connectivity index (χ0n) is 20.3. The summed E-state index contributed by atoms with van der Waals surface area (Å²) in [5.74, 6) is 0.0593. The maximum Gasteiger partial charge on any atom is 0.326 e. The molecule has 4 aromatic rings. The van der Waals surface area contributed by atoms with Crippen LogP contribution in [0, 0.1) is 0 Å². The highest BCUT2D eigenvalue weighted by molar-refractivity contribution is 6.74. The summed E-state index contributed by atoms with van der Waals surface area (Å²) < 4.78 is 14.8. The van der Waals surface area contributed by atoms with Crippen LogP contribution in [0.5, 0.6) is 0 Å². The Balaban J connectivity index is 1.74. The molecule has 0 fully saturated rings. The van der Waals surface area contributed by atoms with E-state index >= 15 is 0 Å². The van der Waals surface area contributed by atoms with Crippen molar-refractivity contribution in [2.75, 3.05) is 6.61 Å². The largest absolute Gasteiger partial charge is 0.465 e. The average Bonchev–Trinajstić information content (AvgIpc) is 3.36. The minimum Gasteiger partial charge on any atom is -0.465 e. The van der Waals surface area contributed by atoms with Crippen LogP contribution in [0.15, 0.2) is 30.7 Å². The van der Waals surface area contributed by atoms with Gasteiger partial charge in [-0.15, -0.1) is 0 Å². The molecule has 0 bridgehead atoms. The van der Waals surface area contributed by atoms with Crippen molar-refractivity contribution in [1.82, 2.24) is 29.3 Å². The minimum atomic E-state index is -1.91. The highest BCUT2D eigenvalue weighted by atomic mass is 35.5. The Morgan fingerprint density at radius 1 is 1.21 bits per heavy atom. The Bertz CT molecular complexity index is 1360. The van der Waals surface area contributed by atoms with Crippen LogP contribution in [0.4, 0.5) is 0 Å². The lowest BCUT2D eigenvalue weighted by Crippen LogP contribution is -2.40. The van der Waals surface area contributed by atoms with Gasteiger partial charge in [0.2, 0.25) is 5.28 Å². The van der Waals surface area contributed by atoms with Crippen molar-refractivity contribution >= 4 is 48.0 Å². The van der Waals surface area contributed by atoms with Crippen LogP contribution < -0.4 is 0 Å². The summed E-state index contributed by atoms with van der Waals surface area (Å²) in [5.41, 5.74) is 2.83. The number of hydrogen-bond acceptors (Lipinski definition) is 7. The van der Waals surface area contributed by atoms with Gasteiger partial charge in [0.05, 0.1) is 31.3 Å². The van der Waals surface area contributed by atoms with E-state index in [0.717, 1.165) is 16.5 Å². The summed E-state index contributed by atoms with van der Waals surface area (Å²) in [6.45, 7) is 13.7. The lowest BCUT2D eigenvalue weighted by Gasteiger charge is -2.36. The summed E-state index contributed by atoms with van der Waals surface area (Å²) in [5, 5.41) is 5.72. The topological polar surface area (TPSA) is 97.0 Å². The van der Waals surface area contributed by atoms with Crippen molar-refractivity contribution in [2.24, 2.45) is 0 Å². The standard InChI is InChI=1S/C23H29ClN6O3Si/c1-7-32-18(31)12-29-14-25-19-20(29)27-22(24)28-21(19)30-17-10-8-9-15(16(17)11-26-30)13-33-34(5,6)23(2,3)4/h8-11,14H,7,12-13H2,1-6H3. The van der Waals surface area contributed by atoms with E-state index in [1.54, 1.807) is 22.4 Å². The van der Waals surface area contributed by atoms with Crippen molar-refractivity contribution in [3.63, 3.8) is 0 Å². The molecule has 1 aromatic carbocycles. The molecule has 11 heteroatoms. The molecule has 0 aliphatic rings. The van der Waals surface area contributed by atoms with Gasteiger partial charge in [0.25, 0.3) is 0 Å². The summed E-state index contributed by atoms with van der Waals surface area (Å²) in [7, 11) is -1.91. The summed E-state index contributed by atoms with van der Waals surface area (Å²) in [6, 6.07) is 6.00. The van der Waals surface area contributed by atoms with Gasteiger partial charge in [-0.25, -0.2) is 9.67 Å². The zero-order chi connectivity index (χ0) is 24.7. The van der Waals surface area contributed by atoms with Crippen molar-refractivity contribution < 1.29 is 14.0 Å². The third-order valence-electron chi connectivity index (χ3n) is 6.32. The second kappa shape index (κ2) is 9.08. The maximum absolute atomic E-state index is 12.0. The molecule has 3 heterocycles. The number of carbonyl (C=O) groups is 1. The highest BCUT2D eigenvalue weighted by Gasteiger charge is 2.37. The van der Waals surface area contributed by atoms with Gasteiger partial charge in [-0.2, -0.15) is 15.1 Å². The predicted molar refractivity (Wildman–Crippen MR) is 134 cm³/mol. The number of benzene rings is 1. The molecule has 4 rings (SSSR count). The maximum atomic E-state index is 12.0. The first-order valence-corrected chi connectivity index (χ1v) is 14.4. The van der Waals surface area contributed by atoms with Gasteiger partial charge < -0.3 is 13.7 Å². The van der Waals surface area contributed by atoms with Gasteiger partial charge in [-0.3, -0.25) is 4.79 Å². The quantitative estimate of drug-likeness (QED) is 0.202. The SMILES string of the molecule is CCOC(=O)Cn1cnc2c(-n3ncc4c(CO[Si](C)(C)C(C)(C)C)cccc43)nc(Cl)nc21. The van der Waals surface area contributed by atoms with Gasteiger partial charge in [0.15, 0.2) is 25.3 Å². The number of ether oxygens (including phenoxy) is 1. The number of fused-ring (bicyclic) bond motifs is 2. The van der Waals surface area contributed by atoms with E-state index in [0.29, 0.717) is 30.2 Å². The van der Waals surface area contributed by atoms with Crippen LogP contribution in [0.2, 0.25) is 23.4 Å². The number of rotatable bonds is 7. The van der Waals surface area contributed by atoms with E-state index in [-0.39, 0.29) is 22.8 Å². The Kier molecular flexibility index (Phi) is 6.49. The zero-order valence-corrected chi connectivity index (χ0v) is 22.0. The molecule has 0 spiro atoms. The molecule has 3 aromatic heterocycles. The first-order valence-electron chi connectivity index (χ1n) is 11.2. The number of hydrogen-bond donors (Lipinski definition) is 0. The summed E-state index contributed by atoms with van der Waals surface area (Å²) >= 11 is 6.26. The van der Waals surface area contributed by atoms with E-state index in [1.165, 1.54) is 6.33 Å². The smallest absolute Gasteiger partial charge is 0.326 e. The van der Waals surface area contributed by atoms with Crippen LogP contribution in [0.3, 0.4) is 0 Å². The van der Waals surface area contributed by atoms with Crippen LogP contribution in [0.1, 0.15) is 33.3 Å². The molecule has 0 atom stereocenters. The number of halogens is 1. The van der Waals surface area contributed by atoms with Gasteiger partial charge >= 0.3 is 5.97 Å². The Hall–Kier alpha value is -2.82. The molecule has 0 aliphatic carbocycles. The lowest BCUT2D eigenvalue weighted by molar-refractivity contribution is -0.143. The number of esters is 1. The first-order chi connectivity index (χ1) is 16.0. The summed E-state index contributed by atoms with van der Waals surface area (Å²) in [6.07, 6.45) is 3.33. The van der Waals surface area contributed by atoms with E-state index in [1.807, 2.05) is 12.1 Å². The van der Waals surface area contributed by atoms with Crippen LogP contribution in [-0.2, 0) is 27.1 Å². The van der Waals surface area contributed by atoms with E-state index < -0.39 is 8.32 Å². The highest BCUT2D eigenvalue weighted by Crippen LogP contribution is 2.37. The second-order valence-corrected chi connectivity index (χ2v) is 14.8. The molecule has 34 heavy (non-hydrogen) atoms. The predicted octanol–water partition coefficient (Wildman–Crippen LogP) is 4.90. The Morgan fingerprint density at radius 2 is 1.97 bits per heavy atom. The Labute approximate surface area is 204 Å². The van der Waals surface area contributed by atoms with E-state index in [2.05, 4.69) is 60.0 Å². The van der Waals surface area contributed by atoms with Crippen LogP contribution >= 0.6 is 11.6 Å². The third-order valence-corrected chi connectivity index (χ3v) is 11.0. The first kappa shape index (κ1) is 24.3. The number of aromatic nitrogens is 6. The van der Waals surface area contributed by atoms with Crippen molar-refractivity contribution in [2.45, 2.75) is 59.0 Å². The van der Waals surface area contributed by atoms with E-state index in [9.17, 15) is 4.79 Å². The molecule has 0 saturated carbocycles. The van der Waals surface area contributed by atoms with Gasteiger partial charge in [-0.05, 0) is 48.3 Å². The Morgan fingerprint density at radius 3 is 2.68 bits per heavy atom. The molecule has 180 valence electrons. The molecular weight excluding hydrogens is 472 g/mol. The number of nitrogens with zero attached hydrogens (tertiary/aromatic N) is 6. The molecule has 0 radical (unpaired) electrons. The summed E-state index contributed by atoms with van der Waals surface area (Å²) in [4.78, 5) is 25.1. The average molecular weight is 501 g/mol. The normalized spacial score (nSPS) is 12.6. The second-order valence-electron chi connectivity index (χ2n) is 9.62. The fraction of sp³-hybridized carbons (Fsp3) is 0.435. The fourth-order valence-electron chi connectivity index (χ4n) is 3.39. The molecule has 9 nitrogen and oxygen atoms in total. The monoisotopic (exact) mass is 500 g/mol. The van der Waals surface area contributed by atoms with Gasteiger partial charge in [0.1, 0.15) is 6.54 Å². The minimum absolute atomic E-state index is 0.0219. The van der Waals surface area contributed by atoms with Crippen LogP contribution in [0.25, 0.3) is 27.9 Å². The molecular formula is C23H29ClN6O3Si. The lowest BCUT2D eigenvalue weighted by atomic mass is 10.1. The van der Waals surface area contributed by atoms with Crippen molar-refractivity contribution in [1.29, 1.82) is 0 Å². The number of imidazole rings is 1. The number of carbonyl (C=O) groups excluding carboxylic acids is 1. The van der Waals surface area contributed by atoms with Gasteiger partial charge in [0, 0.05) is 5.39 Å². The fourth-order valence-corrected chi connectivity index (χ4v) is 4.50. The molecule has 0 saturated heterocycles. The van der Waals surface area contributed by atoms with Crippen LogP contribution in [-0.4, -0.2) is 50.2 Å². The molecule has 0 unspecified atom stereocenters. The molecule has 0 N–H and O–H groups in total. The van der Waals surface area contributed by atoms with Crippen molar-refractivity contribution in [3.8, 4) is 5.82 Å². The third kappa shape index (κ3) is 4.57.